The molecule has 4 heterocycles. The molecule has 0 radical (unpaired) electrons. The molecular weight excluding hydrogens is 352 g/mol. The number of anilines is 2. The maximum Gasteiger partial charge on any atom is 0.175 e. The van der Waals surface area contributed by atoms with E-state index in [4.69, 9.17) is 0 Å². The van der Waals surface area contributed by atoms with Crippen LogP contribution in [0.15, 0.2) is 30.5 Å². The summed E-state index contributed by atoms with van der Waals surface area (Å²) in [6.07, 6.45) is 1.88. The normalized spacial score (nSPS) is 14.2. The minimum Gasteiger partial charge on any atom is -0.352 e. The predicted molar refractivity (Wildman–Crippen MR) is 107 cm³/mol. The summed E-state index contributed by atoms with van der Waals surface area (Å²) in [4.78, 5) is 9.01. The van der Waals surface area contributed by atoms with Gasteiger partial charge in [0, 0.05) is 38.1 Å². The van der Waals surface area contributed by atoms with Crippen molar-refractivity contribution in [2.75, 3.05) is 36.0 Å². The zero-order valence-corrected chi connectivity index (χ0v) is 16.3. The Morgan fingerprint density at radius 3 is 2.18 bits per heavy atom. The number of hydrogen-bond acceptors (Lipinski definition) is 7. The molecule has 0 amide bonds. The first-order chi connectivity index (χ1) is 13.5. The Kier molecular flexibility index (Phi) is 4.65. The van der Waals surface area contributed by atoms with Crippen molar-refractivity contribution in [3.63, 3.8) is 0 Å². The quantitative estimate of drug-likeness (QED) is 0.694. The van der Waals surface area contributed by atoms with Gasteiger partial charge in [-0.1, -0.05) is 0 Å². The highest BCUT2D eigenvalue weighted by Crippen LogP contribution is 2.24. The van der Waals surface area contributed by atoms with Crippen molar-refractivity contribution in [3.05, 3.63) is 53.0 Å². The SMILES string of the molecule is Cc1cc(C)c(C#N)c(N2CCN(c3ccc(-n4ccc(C)n4)nn3)CC2)n1. The average Bonchev–Trinajstić information content (AvgIpc) is 3.14. The standard InChI is InChI=1S/C20H22N8/c1-14-12-16(3)22-20(17(14)13-21)27-10-8-26(9-11-27)18-4-5-19(24-23-18)28-7-6-15(2)25-28/h4-7,12H,8-11H2,1-3H3. The Labute approximate surface area is 164 Å². The van der Waals surface area contributed by atoms with Gasteiger partial charge in [0.1, 0.15) is 11.9 Å². The number of nitrogens with zero attached hydrogens (tertiary/aromatic N) is 8. The van der Waals surface area contributed by atoms with Crippen LogP contribution in [0.4, 0.5) is 11.6 Å². The first-order valence-corrected chi connectivity index (χ1v) is 9.30. The zero-order valence-electron chi connectivity index (χ0n) is 16.3. The van der Waals surface area contributed by atoms with Crippen molar-refractivity contribution < 1.29 is 0 Å². The highest BCUT2D eigenvalue weighted by atomic mass is 15.4. The van der Waals surface area contributed by atoms with Crippen LogP contribution in [0.1, 0.15) is 22.5 Å². The predicted octanol–water partition coefficient (Wildman–Crippen LogP) is 2.18. The van der Waals surface area contributed by atoms with Gasteiger partial charge in [-0.2, -0.15) is 10.4 Å². The molecule has 142 valence electrons. The van der Waals surface area contributed by atoms with Crippen molar-refractivity contribution in [1.82, 2.24) is 25.0 Å². The smallest absolute Gasteiger partial charge is 0.175 e. The summed E-state index contributed by atoms with van der Waals surface area (Å²) >= 11 is 0. The van der Waals surface area contributed by atoms with Crippen LogP contribution in [0, 0.1) is 32.1 Å². The van der Waals surface area contributed by atoms with E-state index in [2.05, 4.69) is 36.1 Å². The van der Waals surface area contributed by atoms with Crippen LogP contribution in [-0.2, 0) is 0 Å². The summed E-state index contributed by atoms with van der Waals surface area (Å²) < 4.78 is 1.72. The molecule has 4 rings (SSSR count). The molecule has 28 heavy (non-hydrogen) atoms. The van der Waals surface area contributed by atoms with E-state index in [9.17, 15) is 5.26 Å². The van der Waals surface area contributed by atoms with E-state index in [-0.39, 0.29) is 0 Å². The van der Waals surface area contributed by atoms with Gasteiger partial charge in [-0.15, -0.1) is 10.2 Å². The van der Waals surface area contributed by atoms with Gasteiger partial charge in [-0.05, 0) is 50.6 Å². The van der Waals surface area contributed by atoms with Gasteiger partial charge in [-0.3, -0.25) is 0 Å². The molecule has 3 aromatic heterocycles. The third-order valence-corrected chi connectivity index (χ3v) is 4.93. The van der Waals surface area contributed by atoms with Crippen molar-refractivity contribution in [2.45, 2.75) is 20.8 Å². The lowest BCUT2D eigenvalue weighted by atomic mass is 10.1. The number of rotatable bonds is 3. The van der Waals surface area contributed by atoms with Crippen molar-refractivity contribution in [1.29, 1.82) is 5.26 Å². The molecule has 0 saturated carbocycles. The van der Waals surface area contributed by atoms with E-state index >= 15 is 0 Å². The van der Waals surface area contributed by atoms with Crippen LogP contribution < -0.4 is 9.80 Å². The van der Waals surface area contributed by atoms with E-state index < -0.39 is 0 Å². The third-order valence-electron chi connectivity index (χ3n) is 4.93. The molecule has 8 nitrogen and oxygen atoms in total. The molecule has 0 N–H and O–H groups in total. The lowest BCUT2D eigenvalue weighted by Gasteiger charge is -2.36. The fourth-order valence-electron chi connectivity index (χ4n) is 3.48. The first kappa shape index (κ1) is 17.9. The van der Waals surface area contributed by atoms with E-state index in [1.165, 1.54) is 0 Å². The Balaban J connectivity index is 1.47. The van der Waals surface area contributed by atoms with E-state index in [1.54, 1.807) is 4.68 Å². The lowest BCUT2D eigenvalue weighted by Crippen LogP contribution is -2.47. The summed E-state index contributed by atoms with van der Waals surface area (Å²) in [5, 5.41) is 22.6. The van der Waals surface area contributed by atoms with Crippen molar-refractivity contribution in [2.24, 2.45) is 0 Å². The number of nitriles is 1. The third kappa shape index (κ3) is 3.39. The minimum atomic E-state index is 0.665. The molecule has 0 aliphatic carbocycles. The van der Waals surface area contributed by atoms with E-state index in [1.807, 2.05) is 51.2 Å². The van der Waals surface area contributed by atoms with Crippen LogP contribution in [0.5, 0.6) is 0 Å². The molecule has 0 unspecified atom stereocenters. The van der Waals surface area contributed by atoms with Gasteiger partial charge in [0.25, 0.3) is 0 Å². The molecule has 0 bridgehead atoms. The molecule has 3 aromatic rings. The van der Waals surface area contributed by atoms with E-state index in [0.29, 0.717) is 11.4 Å². The summed E-state index contributed by atoms with van der Waals surface area (Å²) in [6, 6.07) is 10.1. The minimum absolute atomic E-state index is 0.665. The molecule has 1 saturated heterocycles. The van der Waals surface area contributed by atoms with E-state index in [0.717, 1.165) is 54.8 Å². The van der Waals surface area contributed by atoms with Gasteiger partial charge in [0.05, 0.1) is 11.3 Å². The van der Waals surface area contributed by atoms with Crippen LogP contribution in [-0.4, -0.2) is 51.1 Å². The number of hydrogen-bond donors (Lipinski definition) is 0. The molecule has 0 atom stereocenters. The Bertz CT molecular complexity index is 1020. The fraction of sp³-hybridized carbons (Fsp3) is 0.350. The van der Waals surface area contributed by atoms with Gasteiger partial charge in [0.2, 0.25) is 0 Å². The molecule has 8 heteroatoms. The lowest BCUT2D eigenvalue weighted by molar-refractivity contribution is 0.635. The first-order valence-electron chi connectivity index (χ1n) is 9.30. The fourth-order valence-corrected chi connectivity index (χ4v) is 3.48. The topological polar surface area (TPSA) is 86.8 Å². The Morgan fingerprint density at radius 1 is 0.893 bits per heavy atom. The summed E-state index contributed by atoms with van der Waals surface area (Å²) in [5.41, 5.74) is 3.52. The number of piperazine rings is 1. The summed E-state index contributed by atoms with van der Waals surface area (Å²) in [7, 11) is 0. The molecule has 1 aliphatic rings. The monoisotopic (exact) mass is 374 g/mol. The second kappa shape index (κ2) is 7.27. The highest BCUT2D eigenvalue weighted by molar-refractivity contribution is 5.59. The van der Waals surface area contributed by atoms with Crippen LogP contribution in [0.25, 0.3) is 5.82 Å². The Hall–Kier alpha value is -3.47. The molecular formula is C20H22N8. The maximum absolute atomic E-state index is 9.52. The highest BCUT2D eigenvalue weighted by Gasteiger charge is 2.22. The number of pyridine rings is 1. The average molecular weight is 374 g/mol. The second-order valence-corrected chi connectivity index (χ2v) is 7.02. The molecule has 1 fully saturated rings. The molecule has 1 aliphatic heterocycles. The maximum atomic E-state index is 9.52. The van der Waals surface area contributed by atoms with Crippen LogP contribution >= 0.6 is 0 Å². The van der Waals surface area contributed by atoms with Crippen LogP contribution in [0.2, 0.25) is 0 Å². The number of aromatic nitrogens is 5. The van der Waals surface area contributed by atoms with Crippen molar-refractivity contribution >= 4 is 11.6 Å². The summed E-state index contributed by atoms with van der Waals surface area (Å²) in [6.45, 7) is 9.04. The van der Waals surface area contributed by atoms with Crippen LogP contribution in [0.3, 0.4) is 0 Å². The number of aryl methyl sites for hydroxylation is 3. The Morgan fingerprint density at radius 2 is 1.57 bits per heavy atom. The molecule has 0 spiro atoms. The zero-order chi connectivity index (χ0) is 19.7. The van der Waals surface area contributed by atoms with Gasteiger partial charge < -0.3 is 9.80 Å². The molecule has 0 aromatic carbocycles. The summed E-state index contributed by atoms with van der Waals surface area (Å²) in [5.74, 6) is 2.34. The van der Waals surface area contributed by atoms with Gasteiger partial charge in [0.15, 0.2) is 11.6 Å². The largest absolute Gasteiger partial charge is 0.352 e. The van der Waals surface area contributed by atoms with Crippen molar-refractivity contribution in [3.8, 4) is 11.9 Å². The van der Waals surface area contributed by atoms with Gasteiger partial charge >= 0.3 is 0 Å². The van der Waals surface area contributed by atoms with Gasteiger partial charge in [-0.25, -0.2) is 9.67 Å². The second-order valence-electron chi connectivity index (χ2n) is 7.02.